The fraction of sp³-hybridized carbons (Fsp3) is 0. The summed E-state index contributed by atoms with van der Waals surface area (Å²) in [7, 11) is 0. The molecule has 4 heteroatoms. The van der Waals surface area contributed by atoms with Crippen LogP contribution in [0.25, 0.3) is 75.6 Å². The van der Waals surface area contributed by atoms with E-state index in [0.29, 0.717) is 5.56 Å². The van der Waals surface area contributed by atoms with E-state index in [4.69, 9.17) is 15.2 Å². The fourth-order valence-corrected chi connectivity index (χ4v) is 6.84. The van der Waals surface area contributed by atoms with Crippen LogP contribution in [0.3, 0.4) is 0 Å². The first-order valence-corrected chi connectivity index (χ1v) is 14.3. The van der Waals surface area contributed by atoms with Crippen LogP contribution in [-0.2, 0) is 0 Å². The molecule has 0 aliphatic heterocycles. The summed E-state index contributed by atoms with van der Waals surface area (Å²) in [5, 5.41) is 13.9. The van der Waals surface area contributed by atoms with E-state index in [2.05, 4.69) is 103 Å². The van der Waals surface area contributed by atoms with Gasteiger partial charge in [-0.05, 0) is 41.5 Å². The molecule has 8 rings (SSSR count). The maximum Gasteiger partial charge on any atom is 0.0991 e. The van der Waals surface area contributed by atoms with Crippen LogP contribution >= 0.6 is 11.3 Å². The van der Waals surface area contributed by atoms with E-state index in [9.17, 15) is 0 Å². The molecular weight excluding hydrogens is 518 g/mol. The smallest absolute Gasteiger partial charge is 0.0991 e. The molecule has 0 atom stereocenters. The van der Waals surface area contributed by atoms with Crippen molar-refractivity contribution >= 4 is 53.3 Å². The topological polar surface area (TPSA) is 49.6 Å². The molecule has 3 nitrogen and oxygen atoms in total. The first-order valence-electron chi connectivity index (χ1n) is 13.5. The van der Waals surface area contributed by atoms with Gasteiger partial charge in [0.1, 0.15) is 0 Å². The molecule has 0 spiro atoms. The van der Waals surface area contributed by atoms with Gasteiger partial charge < -0.3 is 0 Å². The van der Waals surface area contributed by atoms with Crippen LogP contribution in [0, 0.1) is 11.3 Å². The summed E-state index contributed by atoms with van der Waals surface area (Å²) in [5.41, 5.74) is 8.68. The third kappa shape index (κ3) is 3.95. The summed E-state index contributed by atoms with van der Waals surface area (Å²) in [4.78, 5) is 10.1. The molecular formula is C37H21N3S. The molecule has 3 aromatic heterocycles. The van der Waals surface area contributed by atoms with Crippen molar-refractivity contribution in [3.8, 4) is 39.7 Å². The molecule has 0 saturated carbocycles. The van der Waals surface area contributed by atoms with Crippen LogP contribution in [0.5, 0.6) is 0 Å². The van der Waals surface area contributed by atoms with Gasteiger partial charge in [0.15, 0.2) is 0 Å². The van der Waals surface area contributed by atoms with Crippen molar-refractivity contribution in [2.75, 3.05) is 0 Å². The maximum atomic E-state index is 9.15. The Morgan fingerprint density at radius 1 is 0.512 bits per heavy atom. The Labute approximate surface area is 240 Å². The van der Waals surface area contributed by atoms with Crippen LogP contribution in [-0.4, -0.2) is 9.97 Å². The molecule has 0 bridgehead atoms. The van der Waals surface area contributed by atoms with Gasteiger partial charge in [-0.3, -0.25) is 0 Å². The Balaban J connectivity index is 1.20. The Morgan fingerprint density at radius 2 is 1.07 bits per heavy atom. The highest BCUT2D eigenvalue weighted by Crippen LogP contribution is 2.40. The van der Waals surface area contributed by atoms with Crippen LogP contribution in [0.1, 0.15) is 5.56 Å². The summed E-state index contributed by atoms with van der Waals surface area (Å²) >= 11 is 1.85. The molecule has 5 aromatic carbocycles. The van der Waals surface area contributed by atoms with E-state index in [1.165, 1.54) is 31.3 Å². The van der Waals surface area contributed by atoms with E-state index in [1.807, 2.05) is 41.7 Å². The van der Waals surface area contributed by atoms with E-state index in [1.54, 1.807) is 0 Å². The molecule has 190 valence electrons. The molecule has 0 fully saturated rings. The van der Waals surface area contributed by atoms with Gasteiger partial charge in [0.05, 0.1) is 34.1 Å². The van der Waals surface area contributed by atoms with Crippen LogP contribution < -0.4 is 0 Å². The number of nitrogens with zero attached hydrogens (tertiary/aromatic N) is 3. The summed E-state index contributed by atoms with van der Waals surface area (Å²) in [6, 6.07) is 46.2. The zero-order chi connectivity index (χ0) is 27.3. The number of hydrogen-bond donors (Lipinski definition) is 0. The second kappa shape index (κ2) is 9.38. The van der Waals surface area contributed by atoms with Crippen molar-refractivity contribution < 1.29 is 0 Å². The van der Waals surface area contributed by atoms with Gasteiger partial charge in [-0.15, -0.1) is 11.3 Å². The van der Waals surface area contributed by atoms with Gasteiger partial charge in [0, 0.05) is 42.1 Å². The molecule has 0 amide bonds. The second-order valence-corrected chi connectivity index (χ2v) is 11.2. The molecule has 8 aromatic rings. The minimum Gasteiger partial charge on any atom is -0.245 e. The molecule has 0 radical (unpaired) electrons. The van der Waals surface area contributed by atoms with E-state index >= 15 is 0 Å². The number of aromatic nitrogens is 2. The predicted octanol–water partition coefficient (Wildman–Crippen LogP) is 10.0. The van der Waals surface area contributed by atoms with E-state index in [0.717, 1.165) is 44.3 Å². The number of thiophene rings is 1. The number of benzene rings is 5. The van der Waals surface area contributed by atoms with Crippen LogP contribution in [0.15, 0.2) is 127 Å². The number of pyridine rings is 2. The van der Waals surface area contributed by atoms with Gasteiger partial charge in [-0.2, -0.15) is 5.26 Å². The Bertz CT molecular complexity index is 2310. The Hall–Kier alpha value is -5.37. The monoisotopic (exact) mass is 539 g/mol. The van der Waals surface area contributed by atoms with Crippen molar-refractivity contribution in [2.24, 2.45) is 0 Å². The normalized spacial score (nSPS) is 11.4. The van der Waals surface area contributed by atoms with Crippen molar-refractivity contribution in [1.29, 1.82) is 5.26 Å². The molecule has 0 N–H and O–H groups in total. The summed E-state index contributed by atoms with van der Waals surface area (Å²) < 4.78 is 2.64. The highest BCUT2D eigenvalue weighted by molar-refractivity contribution is 7.26. The van der Waals surface area contributed by atoms with Gasteiger partial charge in [-0.1, -0.05) is 97.1 Å². The van der Waals surface area contributed by atoms with E-state index < -0.39 is 0 Å². The van der Waals surface area contributed by atoms with Gasteiger partial charge in [-0.25, -0.2) is 9.97 Å². The van der Waals surface area contributed by atoms with Crippen molar-refractivity contribution in [3.63, 3.8) is 0 Å². The lowest BCUT2D eigenvalue weighted by molar-refractivity contribution is 1.36. The van der Waals surface area contributed by atoms with Crippen molar-refractivity contribution in [1.82, 2.24) is 9.97 Å². The number of hydrogen-bond acceptors (Lipinski definition) is 4. The number of fused-ring (bicyclic) bond motifs is 6. The zero-order valence-corrected chi connectivity index (χ0v) is 22.7. The standard InChI is InChI=1S/C37H21N3S/c38-22-23-8-10-25(11-9-23)32-20-18-27-16-17-28-19-21-33(40-36(28)35(27)39-32)26-14-12-24(13-15-26)29-5-3-6-31-30-4-1-2-7-34(30)41-37(29)31/h1-21H. The molecule has 0 aliphatic rings. The Morgan fingerprint density at radius 3 is 1.73 bits per heavy atom. The maximum absolute atomic E-state index is 9.15. The van der Waals surface area contributed by atoms with Gasteiger partial charge >= 0.3 is 0 Å². The lowest BCUT2D eigenvalue weighted by atomic mass is 10.00. The second-order valence-electron chi connectivity index (χ2n) is 10.1. The largest absolute Gasteiger partial charge is 0.245 e. The average molecular weight is 540 g/mol. The van der Waals surface area contributed by atoms with Gasteiger partial charge in [0.2, 0.25) is 0 Å². The molecule has 41 heavy (non-hydrogen) atoms. The minimum atomic E-state index is 0.637. The lowest BCUT2D eigenvalue weighted by Crippen LogP contribution is -1.91. The summed E-state index contributed by atoms with van der Waals surface area (Å²) in [5.74, 6) is 0. The van der Waals surface area contributed by atoms with Crippen LogP contribution in [0.4, 0.5) is 0 Å². The van der Waals surface area contributed by atoms with Crippen LogP contribution in [0.2, 0.25) is 0 Å². The SMILES string of the molecule is N#Cc1ccc(-c2ccc3ccc4ccc(-c5ccc(-c6cccc7c6sc6ccccc67)cc5)nc4c3n2)cc1. The number of rotatable bonds is 3. The lowest BCUT2D eigenvalue weighted by Gasteiger charge is -2.09. The van der Waals surface area contributed by atoms with Gasteiger partial charge in [0.25, 0.3) is 0 Å². The highest BCUT2D eigenvalue weighted by Gasteiger charge is 2.12. The molecule has 0 aliphatic carbocycles. The zero-order valence-electron chi connectivity index (χ0n) is 21.9. The van der Waals surface area contributed by atoms with Crippen molar-refractivity contribution in [2.45, 2.75) is 0 Å². The Kier molecular flexibility index (Phi) is 5.38. The molecule has 0 unspecified atom stereocenters. The highest BCUT2D eigenvalue weighted by atomic mass is 32.1. The molecule has 3 heterocycles. The fourth-order valence-electron chi connectivity index (χ4n) is 5.60. The van der Waals surface area contributed by atoms with E-state index in [-0.39, 0.29) is 0 Å². The van der Waals surface area contributed by atoms with Crippen molar-refractivity contribution in [3.05, 3.63) is 133 Å². The molecule has 0 saturated heterocycles. The number of nitriles is 1. The first-order chi connectivity index (χ1) is 20.2. The predicted molar refractivity (Wildman–Crippen MR) is 171 cm³/mol. The third-order valence-electron chi connectivity index (χ3n) is 7.73. The third-order valence-corrected chi connectivity index (χ3v) is 8.95. The average Bonchev–Trinajstić information content (AvgIpc) is 3.43. The quantitative estimate of drug-likeness (QED) is 0.210. The summed E-state index contributed by atoms with van der Waals surface area (Å²) in [6.45, 7) is 0. The summed E-state index contributed by atoms with van der Waals surface area (Å²) in [6.07, 6.45) is 0. The minimum absolute atomic E-state index is 0.637. The first kappa shape index (κ1) is 23.5.